The van der Waals surface area contributed by atoms with Crippen molar-refractivity contribution in [2.75, 3.05) is 6.54 Å². The van der Waals surface area contributed by atoms with Crippen molar-refractivity contribution in [2.24, 2.45) is 7.05 Å². The Morgan fingerprint density at radius 3 is 2.61 bits per heavy atom. The molecule has 1 aliphatic rings. The predicted octanol–water partition coefficient (Wildman–Crippen LogP) is 3.64. The van der Waals surface area contributed by atoms with Crippen LogP contribution in [0, 0.1) is 0 Å². The zero-order valence-electron chi connectivity index (χ0n) is 17.4. The Hall–Kier alpha value is -2.14. The summed E-state index contributed by atoms with van der Waals surface area (Å²) in [6.45, 7) is 5.72. The molecule has 1 N–H and O–H groups in total. The van der Waals surface area contributed by atoms with Gasteiger partial charge in [-0.1, -0.05) is 63.4 Å². The highest BCUT2D eigenvalue weighted by Crippen LogP contribution is 2.27. The van der Waals surface area contributed by atoms with E-state index in [1.807, 2.05) is 30.3 Å². The molecule has 1 amide bonds. The Morgan fingerprint density at radius 2 is 1.93 bits per heavy atom. The molecule has 2 aromatic rings. The van der Waals surface area contributed by atoms with E-state index in [2.05, 4.69) is 47.7 Å². The molecule has 1 saturated carbocycles. The summed E-state index contributed by atoms with van der Waals surface area (Å²) in [5.74, 6) is 1.65. The third-order valence-electron chi connectivity index (χ3n) is 5.52. The first-order valence-electron chi connectivity index (χ1n) is 10.6. The zero-order valence-corrected chi connectivity index (χ0v) is 17.4. The molecule has 0 radical (unpaired) electrons. The van der Waals surface area contributed by atoms with Gasteiger partial charge in [-0.25, -0.2) is 9.13 Å². The average Bonchev–Trinajstić information content (AvgIpc) is 3.08. The fourth-order valence-electron chi connectivity index (χ4n) is 4.17. The molecule has 152 valence electrons. The molecule has 0 aliphatic heterocycles. The van der Waals surface area contributed by atoms with Gasteiger partial charge in [-0.2, -0.15) is 0 Å². The fourth-order valence-corrected chi connectivity index (χ4v) is 4.17. The topological polar surface area (TPSA) is 47.1 Å². The van der Waals surface area contributed by atoms with Gasteiger partial charge in [0.2, 0.25) is 0 Å². The van der Waals surface area contributed by atoms with Crippen molar-refractivity contribution in [1.82, 2.24) is 9.88 Å². The smallest absolute Gasteiger partial charge is 0.258 e. The largest absolute Gasteiger partial charge is 0.360 e. The molecule has 1 aliphatic carbocycles. The van der Waals surface area contributed by atoms with E-state index in [0.717, 1.165) is 24.9 Å². The van der Waals surface area contributed by atoms with Crippen LogP contribution >= 0.6 is 0 Å². The van der Waals surface area contributed by atoms with Crippen LogP contribution < -0.4 is 9.88 Å². The van der Waals surface area contributed by atoms with Gasteiger partial charge in [-0.05, 0) is 18.4 Å². The molecule has 0 bridgehead atoms. The fraction of sp³-hybridized carbons (Fsp3) is 0.565. The van der Waals surface area contributed by atoms with Crippen LogP contribution in [0.15, 0.2) is 42.7 Å². The standard InChI is InChI=1S/C23H33N3O2/c1-18(2)23-25(3)16-17-26(23)15-14-24-22(27)21(19-10-6-4-7-11-19)28-20-12-8-5-9-13-20/h4,6-7,10-11,16-18,20-21H,5,8-9,12-15H2,1-3H3/p+1. The van der Waals surface area contributed by atoms with E-state index in [1.54, 1.807) is 0 Å². The quantitative estimate of drug-likeness (QED) is 0.707. The minimum Gasteiger partial charge on any atom is -0.360 e. The van der Waals surface area contributed by atoms with Gasteiger partial charge in [0.25, 0.3) is 11.7 Å². The first-order valence-corrected chi connectivity index (χ1v) is 10.6. The molecule has 5 nitrogen and oxygen atoms in total. The maximum Gasteiger partial charge on any atom is 0.258 e. The summed E-state index contributed by atoms with van der Waals surface area (Å²) in [5.41, 5.74) is 0.931. The Morgan fingerprint density at radius 1 is 1.21 bits per heavy atom. The second-order valence-electron chi connectivity index (χ2n) is 8.09. The van der Waals surface area contributed by atoms with Gasteiger partial charge in [-0.15, -0.1) is 0 Å². The number of rotatable bonds is 8. The van der Waals surface area contributed by atoms with E-state index >= 15 is 0 Å². The zero-order chi connectivity index (χ0) is 19.9. The van der Waals surface area contributed by atoms with Crippen LogP contribution in [0.25, 0.3) is 0 Å². The summed E-state index contributed by atoms with van der Waals surface area (Å²) >= 11 is 0. The highest BCUT2D eigenvalue weighted by atomic mass is 16.5. The molecular weight excluding hydrogens is 350 g/mol. The number of carbonyl (C=O) groups is 1. The van der Waals surface area contributed by atoms with E-state index in [9.17, 15) is 4.79 Å². The second-order valence-corrected chi connectivity index (χ2v) is 8.09. The number of ether oxygens (including phenoxy) is 1. The lowest BCUT2D eigenvalue weighted by molar-refractivity contribution is -0.680. The van der Waals surface area contributed by atoms with Crippen molar-refractivity contribution in [1.29, 1.82) is 0 Å². The maximum atomic E-state index is 13.0. The Balaban J connectivity index is 1.63. The van der Waals surface area contributed by atoms with E-state index in [-0.39, 0.29) is 12.0 Å². The van der Waals surface area contributed by atoms with Crippen LogP contribution in [0.5, 0.6) is 0 Å². The van der Waals surface area contributed by atoms with Gasteiger partial charge in [0.15, 0.2) is 6.10 Å². The van der Waals surface area contributed by atoms with Crippen molar-refractivity contribution in [3.63, 3.8) is 0 Å². The Bertz CT molecular complexity index is 748. The number of amides is 1. The molecule has 3 rings (SSSR count). The van der Waals surface area contributed by atoms with Gasteiger partial charge in [0.05, 0.1) is 25.6 Å². The molecule has 0 spiro atoms. The first-order chi connectivity index (χ1) is 13.6. The molecule has 28 heavy (non-hydrogen) atoms. The second kappa shape index (κ2) is 9.87. The monoisotopic (exact) mass is 384 g/mol. The summed E-state index contributed by atoms with van der Waals surface area (Å²) in [7, 11) is 2.06. The van der Waals surface area contributed by atoms with Crippen LogP contribution in [0.3, 0.4) is 0 Å². The Kier molecular flexibility index (Phi) is 7.26. The number of imidazole rings is 1. The molecule has 1 heterocycles. The van der Waals surface area contributed by atoms with E-state index in [0.29, 0.717) is 12.5 Å². The van der Waals surface area contributed by atoms with Gasteiger partial charge in [-0.3, -0.25) is 4.79 Å². The highest BCUT2D eigenvalue weighted by Gasteiger charge is 2.26. The van der Waals surface area contributed by atoms with Crippen molar-refractivity contribution >= 4 is 5.91 Å². The number of carbonyl (C=O) groups excluding carboxylic acids is 1. The highest BCUT2D eigenvalue weighted by molar-refractivity contribution is 5.82. The molecule has 1 aromatic carbocycles. The lowest BCUT2D eigenvalue weighted by Gasteiger charge is -2.27. The van der Waals surface area contributed by atoms with Crippen LogP contribution in [0.2, 0.25) is 0 Å². The molecule has 0 saturated heterocycles. The number of nitrogens with zero attached hydrogens (tertiary/aromatic N) is 2. The molecule has 1 fully saturated rings. The van der Waals surface area contributed by atoms with E-state index < -0.39 is 6.10 Å². The summed E-state index contributed by atoms with van der Waals surface area (Å²) in [6, 6.07) is 9.87. The van der Waals surface area contributed by atoms with Crippen molar-refractivity contribution in [2.45, 2.75) is 70.6 Å². The third kappa shape index (κ3) is 5.22. The SMILES string of the molecule is CC(C)c1n(CCNC(=O)C(OC2CCCCC2)c2ccccc2)cc[n+]1C. The van der Waals surface area contributed by atoms with Crippen LogP contribution in [-0.2, 0) is 23.1 Å². The van der Waals surface area contributed by atoms with Crippen LogP contribution in [-0.4, -0.2) is 23.1 Å². The van der Waals surface area contributed by atoms with E-state index in [4.69, 9.17) is 4.74 Å². The number of hydrogen-bond donors (Lipinski definition) is 1. The molecular formula is C23H34N3O2+. The van der Waals surface area contributed by atoms with Crippen LogP contribution in [0.4, 0.5) is 0 Å². The molecule has 1 aromatic heterocycles. The molecule has 1 unspecified atom stereocenters. The lowest BCUT2D eigenvalue weighted by Crippen LogP contribution is -2.37. The first kappa shape index (κ1) is 20.6. The summed E-state index contributed by atoms with van der Waals surface area (Å²) in [6.07, 6.45) is 9.55. The summed E-state index contributed by atoms with van der Waals surface area (Å²) < 4.78 is 10.6. The number of aryl methyl sites for hydroxylation is 1. The third-order valence-corrected chi connectivity index (χ3v) is 5.52. The maximum absolute atomic E-state index is 13.0. The Labute approximate surface area is 168 Å². The van der Waals surface area contributed by atoms with Gasteiger partial charge >= 0.3 is 0 Å². The molecule has 5 heteroatoms. The summed E-state index contributed by atoms with van der Waals surface area (Å²) in [4.78, 5) is 13.0. The number of benzene rings is 1. The van der Waals surface area contributed by atoms with Gasteiger partial charge < -0.3 is 10.1 Å². The minimum absolute atomic E-state index is 0.0422. The average molecular weight is 385 g/mol. The van der Waals surface area contributed by atoms with Crippen LogP contribution in [0.1, 0.15) is 69.4 Å². The molecule has 1 atom stereocenters. The normalized spacial score (nSPS) is 16.3. The van der Waals surface area contributed by atoms with Gasteiger partial charge in [0, 0.05) is 0 Å². The summed E-state index contributed by atoms with van der Waals surface area (Å²) in [5, 5.41) is 3.10. The number of hydrogen-bond acceptors (Lipinski definition) is 2. The lowest BCUT2D eigenvalue weighted by atomic mass is 9.97. The van der Waals surface area contributed by atoms with Crippen molar-refractivity contribution in [3.05, 3.63) is 54.1 Å². The number of nitrogens with one attached hydrogen (secondary N) is 1. The van der Waals surface area contributed by atoms with Gasteiger partial charge in [0.1, 0.15) is 18.9 Å². The number of aromatic nitrogens is 2. The van der Waals surface area contributed by atoms with Crippen molar-refractivity contribution < 1.29 is 14.1 Å². The van der Waals surface area contributed by atoms with E-state index in [1.165, 1.54) is 25.1 Å². The minimum atomic E-state index is -0.533. The van der Waals surface area contributed by atoms with Crippen molar-refractivity contribution in [3.8, 4) is 0 Å². The predicted molar refractivity (Wildman–Crippen MR) is 110 cm³/mol.